The Morgan fingerprint density at radius 3 is 2.31 bits per heavy atom. The first-order valence-electron chi connectivity index (χ1n) is 13.4. The monoisotopic (exact) mass is 526 g/mol. The second-order valence-electron chi connectivity index (χ2n) is 12.8. The molecule has 1 aliphatic rings. The summed E-state index contributed by atoms with van der Waals surface area (Å²) in [5.41, 5.74) is 5.44. The molecule has 1 atom stereocenters. The lowest BCUT2D eigenvalue weighted by molar-refractivity contribution is 0.320. The summed E-state index contributed by atoms with van der Waals surface area (Å²) in [6.45, 7) is 22.1. The number of methoxy groups -OCH3 is 1. The Labute approximate surface area is 223 Å². The van der Waals surface area contributed by atoms with Crippen LogP contribution in [0.1, 0.15) is 70.6 Å². The predicted octanol–water partition coefficient (Wildman–Crippen LogP) is 8.20. The van der Waals surface area contributed by atoms with Crippen molar-refractivity contribution in [2.24, 2.45) is 0 Å². The van der Waals surface area contributed by atoms with Crippen LogP contribution in [0.4, 0.5) is 5.69 Å². The van der Waals surface area contributed by atoms with E-state index in [-0.39, 0.29) is 10.1 Å². The minimum Gasteiger partial charge on any atom is -0.543 e. The third-order valence-electron chi connectivity index (χ3n) is 8.08. The maximum atomic E-state index is 6.59. The van der Waals surface area contributed by atoms with Gasteiger partial charge in [0.2, 0.25) is 17.4 Å². The number of anilines is 1. The first kappa shape index (κ1) is 28.8. The summed E-state index contributed by atoms with van der Waals surface area (Å²) < 4.78 is 18.3. The lowest BCUT2D eigenvalue weighted by Crippen LogP contribution is -2.43. The molecule has 1 N–H and O–H groups in total. The molecule has 2 aromatic rings. The van der Waals surface area contributed by atoms with Crippen LogP contribution in [0, 0.1) is 0 Å². The lowest BCUT2D eigenvalue weighted by atomic mass is 9.79. The topological polar surface area (TPSA) is 39.7 Å². The quantitative estimate of drug-likeness (QED) is 0.264. The minimum absolute atomic E-state index is 0.198. The molecule has 0 spiro atoms. The van der Waals surface area contributed by atoms with Crippen LogP contribution < -0.4 is 14.5 Å². The van der Waals surface area contributed by atoms with Gasteiger partial charge >= 0.3 is 0 Å². The minimum atomic E-state index is -1.84. The van der Waals surface area contributed by atoms with E-state index in [2.05, 4.69) is 103 Å². The molecule has 0 bridgehead atoms. The molecule has 0 saturated heterocycles. The highest BCUT2D eigenvalue weighted by Gasteiger charge is 2.39. The fourth-order valence-corrected chi connectivity index (χ4v) is 6.15. The Balaban J connectivity index is 1.71. The first-order chi connectivity index (χ1) is 16.7. The number of benzene rings is 2. The van der Waals surface area contributed by atoms with E-state index in [9.17, 15) is 0 Å². The smallest absolute Gasteiger partial charge is 0.250 e. The molecule has 0 amide bonds. The standard InChI is InChI=1S/C30H48NO3Si2/c1-29(2,3)35(8)33-18-17-31-28-21-25(32-7)15-16-27(28)24-12-11-23-20-26(14-13-22(23)19-24)34-36(9,10)30(4,5)6/h13-16,20-21,24,31H,11-12,17-19H2,1-10H3. The lowest BCUT2D eigenvalue weighted by Gasteiger charge is -2.37. The molecule has 6 heteroatoms. The maximum absolute atomic E-state index is 6.59. The van der Waals surface area contributed by atoms with E-state index in [4.69, 9.17) is 13.6 Å². The van der Waals surface area contributed by atoms with Gasteiger partial charge in [0.05, 0.1) is 13.7 Å². The number of rotatable bonds is 9. The Bertz CT molecular complexity index is 1020. The summed E-state index contributed by atoms with van der Waals surface area (Å²) in [4.78, 5) is 0. The molecule has 3 rings (SSSR count). The van der Waals surface area contributed by atoms with Crippen LogP contribution >= 0.6 is 0 Å². The largest absolute Gasteiger partial charge is 0.543 e. The number of fused-ring (bicyclic) bond motifs is 1. The van der Waals surface area contributed by atoms with E-state index in [1.165, 1.54) is 22.4 Å². The number of nitrogens with one attached hydrogen (secondary N) is 1. The van der Waals surface area contributed by atoms with Crippen LogP contribution in [0.5, 0.6) is 11.5 Å². The fourth-order valence-electron chi connectivity index (χ4n) is 4.29. The third kappa shape index (κ3) is 7.17. The summed E-state index contributed by atoms with van der Waals surface area (Å²) in [5, 5.41) is 4.11. The second-order valence-corrected chi connectivity index (χ2v) is 20.4. The summed E-state index contributed by atoms with van der Waals surface area (Å²) in [6.07, 6.45) is 3.27. The van der Waals surface area contributed by atoms with Crippen LogP contribution in [0.3, 0.4) is 0 Å². The normalized spacial score (nSPS) is 16.6. The summed E-state index contributed by atoms with van der Waals surface area (Å²) in [7, 11) is -0.933. The van der Waals surface area contributed by atoms with Crippen molar-refractivity contribution in [1.82, 2.24) is 0 Å². The molecule has 0 aromatic heterocycles. The van der Waals surface area contributed by atoms with Crippen LogP contribution in [0.15, 0.2) is 36.4 Å². The van der Waals surface area contributed by atoms with Gasteiger partial charge in [-0.1, -0.05) is 53.7 Å². The molecule has 0 saturated carbocycles. The van der Waals surface area contributed by atoms with Crippen molar-refractivity contribution in [2.45, 2.75) is 96.4 Å². The highest BCUT2D eigenvalue weighted by molar-refractivity contribution is 6.74. The predicted molar refractivity (Wildman–Crippen MR) is 158 cm³/mol. The average Bonchev–Trinajstić information content (AvgIpc) is 2.79. The van der Waals surface area contributed by atoms with Gasteiger partial charge in [0.15, 0.2) is 0 Å². The zero-order valence-corrected chi connectivity index (χ0v) is 26.3. The molecule has 1 unspecified atom stereocenters. The number of ether oxygens (including phenoxy) is 1. The summed E-state index contributed by atoms with van der Waals surface area (Å²) in [5.74, 6) is 2.41. The summed E-state index contributed by atoms with van der Waals surface area (Å²) >= 11 is 0. The molecule has 0 fully saturated rings. The van der Waals surface area contributed by atoms with Crippen molar-refractivity contribution in [2.75, 3.05) is 25.6 Å². The van der Waals surface area contributed by atoms with Crippen molar-refractivity contribution in [1.29, 1.82) is 0 Å². The van der Waals surface area contributed by atoms with Crippen molar-refractivity contribution < 1.29 is 13.6 Å². The van der Waals surface area contributed by atoms with Gasteiger partial charge in [0, 0.05) is 18.3 Å². The molecule has 199 valence electrons. The van der Waals surface area contributed by atoms with Gasteiger partial charge in [0.25, 0.3) is 0 Å². The average molecular weight is 527 g/mol. The van der Waals surface area contributed by atoms with Crippen LogP contribution in [0.25, 0.3) is 0 Å². The molecule has 36 heavy (non-hydrogen) atoms. The number of aryl methyl sites for hydroxylation is 1. The summed E-state index contributed by atoms with van der Waals surface area (Å²) in [6, 6.07) is 13.3. The Hall–Kier alpha value is -1.77. The Kier molecular flexibility index (Phi) is 9.05. The number of hydrogen-bond acceptors (Lipinski definition) is 4. The Morgan fingerprint density at radius 2 is 1.67 bits per heavy atom. The van der Waals surface area contributed by atoms with Crippen molar-refractivity contribution >= 4 is 23.0 Å². The van der Waals surface area contributed by atoms with E-state index in [0.29, 0.717) is 5.92 Å². The molecule has 2 aromatic carbocycles. The van der Waals surface area contributed by atoms with Gasteiger partial charge < -0.3 is 18.9 Å². The van der Waals surface area contributed by atoms with Crippen LogP contribution in [0.2, 0.25) is 29.7 Å². The molecule has 0 heterocycles. The van der Waals surface area contributed by atoms with E-state index in [1.807, 2.05) is 0 Å². The van der Waals surface area contributed by atoms with E-state index in [1.54, 1.807) is 7.11 Å². The molecule has 4 nitrogen and oxygen atoms in total. The highest BCUT2D eigenvalue weighted by Crippen LogP contribution is 2.41. The number of hydrogen-bond donors (Lipinski definition) is 1. The Morgan fingerprint density at radius 1 is 0.972 bits per heavy atom. The van der Waals surface area contributed by atoms with Crippen molar-refractivity contribution in [3.63, 3.8) is 0 Å². The molecule has 1 aliphatic carbocycles. The van der Waals surface area contributed by atoms with E-state index >= 15 is 0 Å². The third-order valence-corrected chi connectivity index (χ3v) is 15.2. The van der Waals surface area contributed by atoms with Gasteiger partial charge in [-0.3, -0.25) is 0 Å². The van der Waals surface area contributed by atoms with Gasteiger partial charge in [0.1, 0.15) is 11.5 Å². The maximum Gasteiger partial charge on any atom is 0.250 e. The molecular weight excluding hydrogens is 479 g/mol. The van der Waals surface area contributed by atoms with Gasteiger partial charge in [-0.05, 0) is 89.8 Å². The zero-order chi connectivity index (χ0) is 26.7. The molecule has 1 radical (unpaired) electrons. The first-order valence-corrected chi connectivity index (χ1v) is 18.2. The van der Waals surface area contributed by atoms with Crippen molar-refractivity contribution in [3.8, 4) is 11.5 Å². The van der Waals surface area contributed by atoms with Crippen LogP contribution in [-0.4, -0.2) is 37.6 Å². The van der Waals surface area contributed by atoms with Crippen molar-refractivity contribution in [3.05, 3.63) is 53.1 Å². The van der Waals surface area contributed by atoms with Gasteiger partial charge in [-0.15, -0.1) is 0 Å². The molecule has 0 aliphatic heterocycles. The highest BCUT2D eigenvalue weighted by atomic mass is 28.4. The van der Waals surface area contributed by atoms with Crippen LogP contribution in [-0.2, 0) is 17.3 Å². The van der Waals surface area contributed by atoms with E-state index < -0.39 is 17.4 Å². The van der Waals surface area contributed by atoms with Gasteiger partial charge in [-0.2, -0.15) is 0 Å². The second kappa shape index (κ2) is 11.3. The zero-order valence-electron chi connectivity index (χ0n) is 24.3. The molecular formula is C30H48NO3Si2. The van der Waals surface area contributed by atoms with Gasteiger partial charge in [-0.25, -0.2) is 0 Å². The van der Waals surface area contributed by atoms with E-state index in [0.717, 1.165) is 43.9 Å². The fraction of sp³-hybridized carbons (Fsp3) is 0.600. The SMILES string of the molecule is COc1ccc(C2CCc3cc(O[Si](C)(C)C(C)(C)C)ccc3C2)c(NCCO[Si](C)C(C)(C)C)c1.